The Bertz CT molecular complexity index is 422. The van der Waals surface area contributed by atoms with Crippen LogP contribution in [0.15, 0.2) is 21.1 Å². The van der Waals surface area contributed by atoms with Gasteiger partial charge in [-0.2, -0.15) is 0 Å². The van der Waals surface area contributed by atoms with Crippen molar-refractivity contribution in [2.24, 2.45) is 0 Å². The maximum absolute atomic E-state index is 6.06. The zero-order valence-corrected chi connectivity index (χ0v) is 15.1. The molecule has 112 valence electrons. The molecular weight excluding hydrogens is 386 g/mol. The first-order chi connectivity index (χ1) is 9.56. The van der Waals surface area contributed by atoms with E-state index >= 15 is 0 Å². The van der Waals surface area contributed by atoms with Crippen LogP contribution in [0.2, 0.25) is 0 Å². The fourth-order valence-electron chi connectivity index (χ4n) is 2.12. The van der Waals surface area contributed by atoms with E-state index in [-0.39, 0.29) is 6.10 Å². The van der Waals surface area contributed by atoms with Gasteiger partial charge in [-0.3, -0.25) is 0 Å². The van der Waals surface area contributed by atoms with Crippen molar-refractivity contribution in [2.45, 2.75) is 45.4 Å². The van der Waals surface area contributed by atoms with Crippen LogP contribution in [0.1, 0.15) is 32.3 Å². The molecule has 0 bridgehead atoms. The molecule has 2 rings (SSSR count). The van der Waals surface area contributed by atoms with Gasteiger partial charge in [-0.1, -0.05) is 13.8 Å². The molecular formula is C15H21Br2NO2. The number of hydrogen-bond acceptors (Lipinski definition) is 3. The van der Waals surface area contributed by atoms with Gasteiger partial charge in [-0.25, -0.2) is 0 Å². The van der Waals surface area contributed by atoms with Crippen LogP contribution < -0.4 is 10.1 Å². The van der Waals surface area contributed by atoms with Crippen molar-refractivity contribution in [1.82, 2.24) is 5.32 Å². The fourth-order valence-corrected chi connectivity index (χ4v) is 3.59. The Labute approximate surface area is 137 Å². The van der Waals surface area contributed by atoms with Crippen molar-refractivity contribution in [3.05, 3.63) is 26.6 Å². The summed E-state index contributed by atoms with van der Waals surface area (Å²) in [6.07, 6.45) is 2.27. The summed E-state index contributed by atoms with van der Waals surface area (Å²) in [6.45, 7) is 6.66. The van der Waals surface area contributed by atoms with E-state index in [4.69, 9.17) is 9.47 Å². The summed E-state index contributed by atoms with van der Waals surface area (Å²) in [4.78, 5) is 0. The molecule has 1 saturated heterocycles. The highest BCUT2D eigenvalue weighted by atomic mass is 79.9. The van der Waals surface area contributed by atoms with Gasteiger partial charge in [-0.05, 0) is 62.4 Å². The second-order valence-corrected chi connectivity index (χ2v) is 7.09. The van der Waals surface area contributed by atoms with E-state index in [0.29, 0.717) is 12.6 Å². The summed E-state index contributed by atoms with van der Waals surface area (Å²) in [7, 11) is 0. The van der Waals surface area contributed by atoms with Crippen LogP contribution in [0.25, 0.3) is 0 Å². The molecule has 0 aromatic heterocycles. The summed E-state index contributed by atoms with van der Waals surface area (Å²) in [5.74, 6) is 0.869. The molecule has 5 heteroatoms. The van der Waals surface area contributed by atoms with E-state index < -0.39 is 0 Å². The van der Waals surface area contributed by atoms with Crippen LogP contribution >= 0.6 is 31.9 Å². The average molecular weight is 407 g/mol. The van der Waals surface area contributed by atoms with E-state index in [9.17, 15) is 0 Å². The molecule has 1 aliphatic rings. The van der Waals surface area contributed by atoms with Crippen molar-refractivity contribution >= 4 is 31.9 Å². The smallest absolute Gasteiger partial charge is 0.148 e. The van der Waals surface area contributed by atoms with Crippen molar-refractivity contribution < 1.29 is 9.47 Å². The van der Waals surface area contributed by atoms with Crippen LogP contribution in [0, 0.1) is 0 Å². The fraction of sp³-hybridized carbons (Fsp3) is 0.600. The third-order valence-corrected chi connectivity index (χ3v) is 4.35. The van der Waals surface area contributed by atoms with Gasteiger partial charge in [0, 0.05) is 19.2 Å². The molecule has 1 atom stereocenters. The summed E-state index contributed by atoms with van der Waals surface area (Å²) in [5.41, 5.74) is 1.23. The summed E-state index contributed by atoms with van der Waals surface area (Å²) in [5, 5.41) is 3.41. The van der Waals surface area contributed by atoms with E-state index in [1.807, 2.05) is 0 Å². The van der Waals surface area contributed by atoms with E-state index in [1.165, 1.54) is 5.56 Å². The number of benzene rings is 1. The second kappa shape index (κ2) is 7.78. The minimum Gasteiger partial charge on any atom is -0.486 e. The van der Waals surface area contributed by atoms with Crippen molar-refractivity contribution in [3.8, 4) is 5.75 Å². The number of ether oxygens (including phenoxy) is 2. The Balaban J connectivity index is 2.05. The summed E-state index contributed by atoms with van der Waals surface area (Å²) in [6, 6.07) is 4.70. The third-order valence-electron chi connectivity index (χ3n) is 3.18. The second-order valence-electron chi connectivity index (χ2n) is 5.38. The summed E-state index contributed by atoms with van der Waals surface area (Å²) < 4.78 is 13.5. The van der Waals surface area contributed by atoms with Gasteiger partial charge < -0.3 is 14.8 Å². The van der Waals surface area contributed by atoms with Crippen LogP contribution in [0.3, 0.4) is 0 Å². The number of hydrogen-bond donors (Lipinski definition) is 1. The lowest BCUT2D eigenvalue weighted by atomic mass is 10.1. The average Bonchev–Trinajstić information content (AvgIpc) is 2.42. The predicted molar refractivity (Wildman–Crippen MR) is 88.3 cm³/mol. The lowest BCUT2D eigenvalue weighted by molar-refractivity contribution is 0.00678. The number of rotatable bonds is 5. The maximum Gasteiger partial charge on any atom is 0.148 e. The lowest BCUT2D eigenvalue weighted by Crippen LogP contribution is -2.28. The molecule has 1 fully saturated rings. The van der Waals surface area contributed by atoms with Crippen LogP contribution in [0.4, 0.5) is 0 Å². The number of nitrogens with one attached hydrogen (secondary N) is 1. The monoisotopic (exact) mass is 405 g/mol. The van der Waals surface area contributed by atoms with Crippen LogP contribution in [0.5, 0.6) is 5.75 Å². The van der Waals surface area contributed by atoms with Crippen LogP contribution in [-0.4, -0.2) is 25.4 Å². The predicted octanol–water partition coefficient (Wildman–Crippen LogP) is 4.27. The third kappa shape index (κ3) is 4.72. The maximum atomic E-state index is 6.06. The van der Waals surface area contributed by atoms with Crippen molar-refractivity contribution in [3.63, 3.8) is 0 Å². The van der Waals surface area contributed by atoms with Gasteiger partial charge >= 0.3 is 0 Å². The minimum atomic E-state index is 0.149. The van der Waals surface area contributed by atoms with E-state index in [1.54, 1.807) is 0 Å². The highest BCUT2D eigenvalue weighted by Gasteiger charge is 2.18. The molecule has 1 aliphatic heterocycles. The topological polar surface area (TPSA) is 30.5 Å². The standard InChI is InChI=1S/C15H21Br2NO2/c1-10(2)18-8-11-6-13(16)15(14(17)7-11)20-12-4-3-5-19-9-12/h6-7,10,12,18H,3-5,8-9H2,1-2H3. The Morgan fingerprint density at radius 1 is 1.35 bits per heavy atom. The van der Waals surface area contributed by atoms with Gasteiger partial charge in [-0.15, -0.1) is 0 Å². The minimum absolute atomic E-state index is 0.149. The normalized spacial score (nSPS) is 19.4. The summed E-state index contributed by atoms with van der Waals surface area (Å²) >= 11 is 7.22. The Hall–Kier alpha value is -0.100. The molecule has 0 aliphatic carbocycles. The Morgan fingerprint density at radius 3 is 2.60 bits per heavy atom. The van der Waals surface area contributed by atoms with Crippen molar-refractivity contribution in [1.29, 1.82) is 0 Å². The van der Waals surface area contributed by atoms with Gasteiger partial charge in [0.2, 0.25) is 0 Å². The molecule has 1 unspecified atom stereocenters. The van der Waals surface area contributed by atoms with Gasteiger partial charge in [0.25, 0.3) is 0 Å². The lowest BCUT2D eigenvalue weighted by Gasteiger charge is -2.24. The van der Waals surface area contributed by atoms with Gasteiger partial charge in [0.1, 0.15) is 11.9 Å². The molecule has 20 heavy (non-hydrogen) atoms. The zero-order chi connectivity index (χ0) is 14.5. The quantitative estimate of drug-likeness (QED) is 0.791. The number of halogens is 2. The molecule has 1 heterocycles. The first-order valence-electron chi connectivity index (χ1n) is 7.02. The molecule has 1 aromatic rings. The SMILES string of the molecule is CC(C)NCc1cc(Br)c(OC2CCCOC2)c(Br)c1. The largest absolute Gasteiger partial charge is 0.486 e. The molecule has 0 spiro atoms. The first-order valence-corrected chi connectivity index (χ1v) is 8.60. The first kappa shape index (κ1) is 16.3. The molecule has 1 N–H and O–H groups in total. The zero-order valence-electron chi connectivity index (χ0n) is 11.9. The van der Waals surface area contributed by atoms with Crippen LogP contribution in [-0.2, 0) is 11.3 Å². The van der Waals surface area contributed by atoms with E-state index in [0.717, 1.165) is 40.7 Å². The van der Waals surface area contributed by atoms with Gasteiger partial charge in [0.15, 0.2) is 0 Å². The molecule has 0 saturated carbocycles. The van der Waals surface area contributed by atoms with E-state index in [2.05, 4.69) is 63.2 Å². The van der Waals surface area contributed by atoms with Crippen molar-refractivity contribution in [2.75, 3.05) is 13.2 Å². The van der Waals surface area contributed by atoms with Gasteiger partial charge in [0.05, 0.1) is 15.6 Å². The Kier molecular flexibility index (Phi) is 6.33. The Morgan fingerprint density at radius 2 is 2.05 bits per heavy atom. The molecule has 1 aromatic carbocycles. The highest BCUT2D eigenvalue weighted by Crippen LogP contribution is 2.36. The molecule has 3 nitrogen and oxygen atoms in total. The highest BCUT2D eigenvalue weighted by molar-refractivity contribution is 9.11. The molecule has 0 radical (unpaired) electrons. The molecule has 0 amide bonds.